The van der Waals surface area contributed by atoms with Gasteiger partial charge in [-0.1, -0.05) is 0 Å². The molecule has 1 aliphatic carbocycles. The minimum absolute atomic E-state index is 0.262. The normalized spacial score (nSPS) is 47.6. The van der Waals surface area contributed by atoms with Gasteiger partial charge in [0.25, 0.3) is 0 Å². The topological polar surface area (TPSA) is 46.2 Å². The Morgan fingerprint density at radius 2 is 2.38 bits per heavy atom. The van der Waals surface area contributed by atoms with Gasteiger partial charge in [-0.2, -0.15) is 0 Å². The fourth-order valence-corrected chi connectivity index (χ4v) is 1.17. The van der Waals surface area contributed by atoms with Crippen LogP contribution in [0.2, 0.25) is 0 Å². The maximum atomic E-state index is 9.13. The zero-order valence-corrected chi connectivity index (χ0v) is 5.22. The lowest BCUT2D eigenvalue weighted by atomic mass is 10.0. The summed E-state index contributed by atoms with van der Waals surface area (Å²) in [7, 11) is 0. The van der Waals surface area contributed by atoms with Crippen LogP contribution in [0.15, 0.2) is 0 Å². The molecule has 0 aromatic carbocycles. The van der Waals surface area contributed by atoms with Crippen molar-refractivity contribution in [1.82, 2.24) is 0 Å². The van der Waals surface area contributed by atoms with E-state index >= 15 is 0 Å². The van der Waals surface area contributed by atoms with Gasteiger partial charge in [-0.05, 0) is 26.2 Å². The van der Waals surface area contributed by atoms with Gasteiger partial charge in [0.1, 0.15) is 0 Å². The molecular formula is C6H13NO. The summed E-state index contributed by atoms with van der Waals surface area (Å²) >= 11 is 0. The van der Waals surface area contributed by atoms with E-state index in [2.05, 4.69) is 0 Å². The maximum Gasteiger partial charge on any atom is 0.0716 e. The molecule has 0 saturated heterocycles. The van der Waals surface area contributed by atoms with E-state index in [0.29, 0.717) is 0 Å². The summed E-state index contributed by atoms with van der Waals surface area (Å²) in [4.78, 5) is 0. The average Bonchev–Trinajstić information content (AvgIpc) is 1.86. The third kappa shape index (κ3) is 0.858. The second kappa shape index (κ2) is 1.71. The van der Waals surface area contributed by atoms with Crippen LogP contribution in [0.1, 0.15) is 26.2 Å². The first-order chi connectivity index (χ1) is 3.63. The molecule has 48 valence electrons. The van der Waals surface area contributed by atoms with Crippen molar-refractivity contribution in [2.24, 2.45) is 5.73 Å². The van der Waals surface area contributed by atoms with Crippen LogP contribution in [0.25, 0.3) is 0 Å². The van der Waals surface area contributed by atoms with Crippen LogP contribution < -0.4 is 5.73 Å². The van der Waals surface area contributed by atoms with Crippen molar-refractivity contribution in [3.63, 3.8) is 0 Å². The Morgan fingerprint density at radius 3 is 2.50 bits per heavy atom. The minimum Gasteiger partial charge on any atom is -0.391 e. The van der Waals surface area contributed by atoms with Crippen LogP contribution in [-0.4, -0.2) is 16.7 Å². The molecule has 0 bridgehead atoms. The smallest absolute Gasteiger partial charge is 0.0716 e. The van der Waals surface area contributed by atoms with Gasteiger partial charge >= 0.3 is 0 Å². The summed E-state index contributed by atoms with van der Waals surface area (Å²) < 4.78 is 0. The Kier molecular flexibility index (Phi) is 1.29. The van der Waals surface area contributed by atoms with Crippen molar-refractivity contribution in [1.29, 1.82) is 0 Å². The fourth-order valence-electron chi connectivity index (χ4n) is 1.17. The first-order valence-electron chi connectivity index (χ1n) is 3.10. The highest BCUT2D eigenvalue weighted by Crippen LogP contribution is 2.26. The molecule has 1 saturated carbocycles. The standard InChI is InChI=1S/C6H13NO/c1-6(7)4-2-3-5(6)8/h5,8H,2-4,7H2,1H3. The molecule has 0 heterocycles. The van der Waals surface area contributed by atoms with E-state index in [1.54, 1.807) is 0 Å². The van der Waals surface area contributed by atoms with Crippen LogP contribution in [0, 0.1) is 0 Å². The molecule has 2 atom stereocenters. The van der Waals surface area contributed by atoms with E-state index < -0.39 is 0 Å². The Hall–Kier alpha value is -0.0800. The summed E-state index contributed by atoms with van der Waals surface area (Å²) in [6.45, 7) is 1.91. The first-order valence-corrected chi connectivity index (χ1v) is 3.10. The summed E-state index contributed by atoms with van der Waals surface area (Å²) in [5.41, 5.74) is 5.38. The SMILES string of the molecule is CC1(N)CCCC1O. The van der Waals surface area contributed by atoms with E-state index in [1.165, 1.54) is 0 Å². The molecule has 0 aromatic rings. The Labute approximate surface area is 49.7 Å². The zero-order chi connectivity index (χ0) is 6.20. The van der Waals surface area contributed by atoms with E-state index in [1.807, 2.05) is 6.92 Å². The van der Waals surface area contributed by atoms with E-state index in [0.717, 1.165) is 19.3 Å². The number of hydrogen-bond acceptors (Lipinski definition) is 2. The van der Waals surface area contributed by atoms with Crippen molar-refractivity contribution in [2.45, 2.75) is 37.8 Å². The van der Waals surface area contributed by atoms with Gasteiger partial charge in [0.2, 0.25) is 0 Å². The number of nitrogens with two attached hydrogens (primary N) is 1. The fraction of sp³-hybridized carbons (Fsp3) is 1.00. The molecule has 0 radical (unpaired) electrons. The minimum atomic E-state index is -0.292. The summed E-state index contributed by atoms with van der Waals surface area (Å²) in [5.74, 6) is 0. The van der Waals surface area contributed by atoms with Gasteiger partial charge in [0.05, 0.1) is 6.10 Å². The van der Waals surface area contributed by atoms with Gasteiger partial charge in [-0.15, -0.1) is 0 Å². The third-order valence-corrected chi connectivity index (χ3v) is 1.95. The largest absolute Gasteiger partial charge is 0.391 e. The van der Waals surface area contributed by atoms with Crippen LogP contribution >= 0.6 is 0 Å². The van der Waals surface area contributed by atoms with Crippen molar-refractivity contribution < 1.29 is 5.11 Å². The number of aliphatic hydroxyl groups excluding tert-OH is 1. The molecule has 2 unspecified atom stereocenters. The van der Waals surface area contributed by atoms with Gasteiger partial charge in [-0.3, -0.25) is 0 Å². The molecular weight excluding hydrogens is 102 g/mol. The summed E-state index contributed by atoms with van der Waals surface area (Å²) in [6, 6.07) is 0. The molecule has 0 aromatic heterocycles. The summed E-state index contributed by atoms with van der Waals surface area (Å²) in [6.07, 6.45) is 2.66. The zero-order valence-electron chi connectivity index (χ0n) is 5.22. The first kappa shape index (κ1) is 6.05. The molecule has 0 amide bonds. The van der Waals surface area contributed by atoms with E-state index in [9.17, 15) is 0 Å². The van der Waals surface area contributed by atoms with Crippen molar-refractivity contribution in [2.75, 3.05) is 0 Å². The predicted molar refractivity (Wildman–Crippen MR) is 32.5 cm³/mol. The maximum absolute atomic E-state index is 9.13. The molecule has 1 rings (SSSR count). The second-order valence-electron chi connectivity index (χ2n) is 2.91. The van der Waals surface area contributed by atoms with Gasteiger partial charge in [0.15, 0.2) is 0 Å². The predicted octanol–water partition coefficient (Wildman–Crippen LogP) is 0.249. The molecule has 3 N–H and O–H groups in total. The van der Waals surface area contributed by atoms with E-state index in [4.69, 9.17) is 10.8 Å². The van der Waals surface area contributed by atoms with Gasteiger partial charge in [-0.25, -0.2) is 0 Å². The third-order valence-electron chi connectivity index (χ3n) is 1.95. The van der Waals surface area contributed by atoms with Crippen LogP contribution in [0.4, 0.5) is 0 Å². The highest BCUT2D eigenvalue weighted by molar-refractivity contribution is 4.92. The number of aliphatic hydroxyl groups is 1. The van der Waals surface area contributed by atoms with Crippen LogP contribution in [-0.2, 0) is 0 Å². The average molecular weight is 115 g/mol. The Balaban J connectivity index is 2.54. The van der Waals surface area contributed by atoms with Crippen LogP contribution in [0.5, 0.6) is 0 Å². The lowest BCUT2D eigenvalue weighted by Crippen LogP contribution is -2.43. The summed E-state index contributed by atoms with van der Waals surface area (Å²) in [5, 5.41) is 9.13. The molecule has 1 aliphatic rings. The second-order valence-corrected chi connectivity index (χ2v) is 2.91. The van der Waals surface area contributed by atoms with Crippen molar-refractivity contribution >= 4 is 0 Å². The molecule has 2 nitrogen and oxygen atoms in total. The highest BCUT2D eigenvalue weighted by atomic mass is 16.3. The molecule has 0 spiro atoms. The number of rotatable bonds is 0. The van der Waals surface area contributed by atoms with Crippen LogP contribution in [0.3, 0.4) is 0 Å². The van der Waals surface area contributed by atoms with Gasteiger partial charge < -0.3 is 10.8 Å². The van der Waals surface area contributed by atoms with E-state index in [-0.39, 0.29) is 11.6 Å². The lowest BCUT2D eigenvalue weighted by molar-refractivity contribution is 0.120. The molecule has 8 heavy (non-hydrogen) atoms. The Bertz CT molecular complexity index is 90.5. The lowest BCUT2D eigenvalue weighted by Gasteiger charge is -2.21. The molecule has 0 aliphatic heterocycles. The molecule has 1 fully saturated rings. The van der Waals surface area contributed by atoms with Crippen molar-refractivity contribution in [3.8, 4) is 0 Å². The van der Waals surface area contributed by atoms with Gasteiger partial charge in [0, 0.05) is 5.54 Å². The monoisotopic (exact) mass is 115 g/mol. The highest BCUT2D eigenvalue weighted by Gasteiger charge is 2.32. The number of hydrogen-bond donors (Lipinski definition) is 2. The molecule has 2 heteroatoms. The van der Waals surface area contributed by atoms with Crippen molar-refractivity contribution in [3.05, 3.63) is 0 Å². The Morgan fingerprint density at radius 1 is 1.75 bits per heavy atom. The quantitative estimate of drug-likeness (QED) is 0.475.